The first-order valence-corrected chi connectivity index (χ1v) is 10.0. The number of ether oxygens (including phenoxy) is 4. The van der Waals surface area contributed by atoms with Gasteiger partial charge in [-0.05, 0) is 66.8 Å². The molecular formula is C24H22F4O5. The van der Waals surface area contributed by atoms with Gasteiger partial charge in [0.05, 0.1) is 14.2 Å². The van der Waals surface area contributed by atoms with Crippen LogP contribution in [0.25, 0.3) is 12.2 Å². The third kappa shape index (κ3) is 6.27. The van der Waals surface area contributed by atoms with E-state index in [0.29, 0.717) is 35.1 Å². The Morgan fingerprint density at radius 3 is 1.52 bits per heavy atom. The SMILES string of the molecule is COc1cc(/C=C2\CCC/C(=C\c3ccc(OC(F)F)c(OC)c3)C2=O)ccc1OC(F)F. The van der Waals surface area contributed by atoms with E-state index in [0.717, 1.165) is 6.42 Å². The molecule has 2 aromatic rings. The minimum atomic E-state index is -2.98. The normalized spacial score (nSPS) is 16.5. The van der Waals surface area contributed by atoms with Crippen LogP contribution in [-0.4, -0.2) is 33.2 Å². The molecule has 0 aromatic heterocycles. The summed E-state index contributed by atoms with van der Waals surface area (Å²) in [4.78, 5) is 13.0. The summed E-state index contributed by atoms with van der Waals surface area (Å²) in [6.45, 7) is -5.96. The summed E-state index contributed by atoms with van der Waals surface area (Å²) in [7, 11) is 2.67. The van der Waals surface area contributed by atoms with Gasteiger partial charge >= 0.3 is 13.2 Å². The molecule has 33 heavy (non-hydrogen) atoms. The van der Waals surface area contributed by atoms with Gasteiger partial charge in [-0.15, -0.1) is 0 Å². The third-order valence-electron chi connectivity index (χ3n) is 4.96. The van der Waals surface area contributed by atoms with Gasteiger partial charge in [-0.3, -0.25) is 4.79 Å². The van der Waals surface area contributed by atoms with Crippen molar-refractivity contribution in [3.05, 3.63) is 58.7 Å². The predicted octanol–water partition coefficient (Wildman–Crippen LogP) is 6.13. The molecule has 2 aromatic carbocycles. The number of alkyl halides is 4. The number of hydrogen-bond acceptors (Lipinski definition) is 5. The number of hydrogen-bond donors (Lipinski definition) is 0. The van der Waals surface area contributed by atoms with Crippen molar-refractivity contribution in [2.45, 2.75) is 32.5 Å². The zero-order valence-electron chi connectivity index (χ0n) is 17.9. The first-order valence-electron chi connectivity index (χ1n) is 10.0. The summed E-state index contributed by atoms with van der Waals surface area (Å²) < 4.78 is 69.1. The lowest BCUT2D eigenvalue weighted by Gasteiger charge is -2.17. The molecule has 0 N–H and O–H groups in total. The molecule has 0 radical (unpaired) electrons. The van der Waals surface area contributed by atoms with Gasteiger partial charge in [0.25, 0.3) is 0 Å². The van der Waals surface area contributed by atoms with Crippen molar-refractivity contribution < 1.29 is 41.3 Å². The van der Waals surface area contributed by atoms with Gasteiger partial charge in [0.2, 0.25) is 0 Å². The van der Waals surface area contributed by atoms with Crippen LogP contribution in [0.4, 0.5) is 17.6 Å². The maximum absolute atomic E-state index is 13.0. The van der Waals surface area contributed by atoms with Gasteiger partial charge in [0.1, 0.15) is 0 Å². The van der Waals surface area contributed by atoms with Crippen molar-refractivity contribution in [1.29, 1.82) is 0 Å². The maximum atomic E-state index is 13.0. The molecule has 176 valence electrons. The van der Waals surface area contributed by atoms with Crippen LogP contribution in [-0.2, 0) is 4.79 Å². The quantitative estimate of drug-likeness (QED) is 0.346. The minimum absolute atomic E-state index is 0.0987. The fourth-order valence-corrected chi connectivity index (χ4v) is 3.51. The van der Waals surface area contributed by atoms with E-state index in [1.807, 2.05) is 0 Å². The molecular weight excluding hydrogens is 444 g/mol. The second-order valence-corrected chi connectivity index (χ2v) is 7.10. The Balaban J connectivity index is 1.85. The number of Topliss-reactive ketones (excluding diaryl/α,β-unsaturated/α-hetero) is 1. The van der Waals surface area contributed by atoms with Crippen molar-refractivity contribution in [3.63, 3.8) is 0 Å². The topological polar surface area (TPSA) is 54.0 Å². The molecule has 1 aliphatic carbocycles. The molecule has 1 saturated carbocycles. The Morgan fingerprint density at radius 1 is 0.727 bits per heavy atom. The highest BCUT2D eigenvalue weighted by molar-refractivity contribution is 6.14. The standard InChI is InChI=1S/C24H22F4O5/c1-30-20-12-14(6-8-18(20)32-23(25)26)10-16-4-3-5-17(22(16)29)11-15-7-9-19(33-24(27)28)21(13-15)31-2/h6-13,23-24H,3-5H2,1-2H3/b16-10+,17-11+. The molecule has 0 aliphatic heterocycles. The minimum Gasteiger partial charge on any atom is -0.493 e. The lowest BCUT2D eigenvalue weighted by Crippen LogP contribution is -2.12. The maximum Gasteiger partial charge on any atom is 0.387 e. The summed E-state index contributed by atoms with van der Waals surface area (Å²) in [5, 5.41) is 0. The zero-order valence-corrected chi connectivity index (χ0v) is 17.9. The lowest BCUT2D eigenvalue weighted by molar-refractivity contribution is -0.112. The van der Waals surface area contributed by atoms with Gasteiger partial charge < -0.3 is 18.9 Å². The molecule has 0 atom stereocenters. The number of carbonyl (C=O) groups is 1. The summed E-state index contributed by atoms with van der Waals surface area (Å²) in [5.41, 5.74) is 2.32. The molecule has 0 bridgehead atoms. The molecule has 3 rings (SSSR count). The van der Waals surface area contributed by atoms with Crippen LogP contribution >= 0.6 is 0 Å². The van der Waals surface area contributed by atoms with Crippen LogP contribution in [0.15, 0.2) is 47.5 Å². The van der Waals surface area contributed by atoms with E-state index >= 15 is 0 Å². The molecule has 0 amide bonds. The second kappa shape index (κ2) is 10.9. The average Bonchev–Trinajstić information content (AvgIpc) is 2.77. The fourth-order valence-electron chi connectivity index (χ4n) is 3.51. The van der Waals surface area contributed by atoms with Crippen molar-refractivity contribution >= 4 is 17.9 Å². The Morgan fingerprint density at radius 2 is 1.15 bits per heavy atom. The van der Waals surface area contributed by atoms with E-state index in [1.165, 1.54) is 38.5 Å². The summed E-state index contributed by atoms with van der Waals surface area (Å²) in [6.07, 6.45) is 5.21. The van der Waals surface area contributed by atoms with Crippen molar-refractivity contribution in [2.24, 2.45) is 0 Å². The average molecular weight is 466 g/mol. The highest BCUT2D eigenvalue weighted by Gasteiger charge is 2.21. The highest BCUT2D eigenvalue weighted by Crippen LogP contribution is 2.34. The number of carbonyl (C=O) groups excluding carboxylic acids is 1. The van der Waals surface area contributed by atoms with Gasteiger partial charge in [-0.25, -0.2) is 0 Å². The Kier molecular flexibility index (Phi) is 7.97. The van der Waals surface area contributed by atoms with Crippen molar-refractivity contribution in [3.8, 4) is 23.0 Å². The van der Waals surface area contributed by atoms with Crippen LogP contribution < -0.4 is 18.9 Å². The van der Waals surface area contributed by atoms with Crippen LogP contribution in [0, 0.1) is 0 Å². The number of halogens is 4. The van der Waals surface area contributed by atoms with E-state index in [1.54, 1.807) is 24.3 Å². The van der Waals surface area contributed by atoms with E-state index in [9.17, 15) is 22.4 Å². The van der Waals surface area contributed by atoms with Gasteiger partial charge in [-0.1, -0.05) is 12.1 Å². The molecule has 0 saturated heterocycles. The number of rotatable bonds is 8. The summed E-state index contributed by atoms with van der Waals surface area (Å²) in [6, 6.07) is 8.87. The van der Waals surface area contributed by atoms with E-state index in [2.05, 4.69) is 9.47 Å². The predicted molar refractivity (Wildman–Crippen MR) is 114 cm³/mol. The Labute approximate surface area is 188 Å². The van der Waals surface area contributed by atoms with E-state index < -0.39 is 13.2 Å². The largest absolute Gasteiger partial charge is 0.493 e. The zero-order chi connectivity index (χ0) is 24.0. The number of allylic oxidation sites excluding steroid dienone is 2. The Hall–Kier alpha value is -3.49. The monoisotopic (exact) mass is 466 g/mol. The first-order chi connectivity index (χ1) is 15.8. The van der Waals surface area contributed by atoms with E-state index in [-0.39, 0.29) is 28.8 Å². The summed E-state index contributed by atoms with van der Waals surface area (Å²) in [5.74, 6) is -0.0967. The van der Waals surface area contributed by atoms with Crippen molar-refractivity contribution in [2.75, 3.05) is 14.2 Å². The van der Waals surface area contributed by atoms with Crippen molar-refractivity contribution in [1.82, 2.24) is 0 Å². The lowest BCUT2D eigenvalue weighted by atomic mass is 9.87. The van der Waals surface area contributed by atoms with E-state index in [4.69, 9.17) is 9.47 Å². The second-order valence-electron chi connectivity index (χ2n) is 7.10. The highest BCUT2D eigenvalue weighted by atomic mass is 19.3. The number of benzene rings is 2. The molecule has 5 nitrogen and oxygen atoms in total. The van der Waals surface area contributed by atoms with Gasteiger partial charge in [0, 0.05) is 11.1 Å². The molecule has 1 aliphatic rings. The molecule has 0 unspecified atom stereocenters. The number of methoxy groups -OCH3 is 2. The van der Waals surface area contributed by atoms with Crippen LogP contribution in [0.1, 0.15) is 30.4 Å². The van der Waals surface area contributed by atoms with Gasteiger partial charge in [0.15, 0.2) is 28.8 Å². The molecule has 1 fully saturated rings. The fraction of sp³-hybridized carbons (Fsp3) is 0.292. The van der Waals surface area contributed by atoms with Crippen LogP contribution in [0.5, 0.6) is 23.0 Å². The molecule has 9 heteroatoms. The molecule has 0 spiro atoms. The van der Waals surface area contributed by atoms with Gasteiger partial charge in [-0.2, -0.15) is 17.6 Å². The Bertz CT molecular complexity index is 981. The first kappa shape index (κ1) is 24.2. The smallest absolute Gasteiger partial charge is 0.387 e. The number of ketones is 1. The van der Waals surface area contributed by atoms with Crippen LogP contribution in [0.2, 0.25) is 0 Å². The molecule has 0 heterocycles. The summed E-state index contributed by atoms with van der Waals surface area (Å²) >= 11 is 0. The van der Waals surface area contributed by atoms with Crippen LogP contribution in [0.3, 0.4) is 0 Å². The third-order valence-corrected chi connectivity index (χ3v) is 4.96.